The minimum atomic E-state index is -0.0839. The van der Waals surface area contributed by atoms with E-state index < -0.39 is 0 Å². The van der Waals surface area contributed by atoms with Gasteiger partial charge in [-0.15, -0.1) is 0 Å². The topological polar surface area (TPSA) is 64.7 Å². The van der Waals surface area contributed by atoms with Crippen LogP contribution in [0.5, 0.6) is 5.75 Å². The van der Waals surface area contributed by atoms with Gasteiger partial charge in [0, 0.05) is 54.9 Å². The fraction of sp³-hybridized carbons (Fsp3) is 0.286. The summed E-state index contributed by atoms with van der Waals surface area (Å²) in [7, 11) is 0. The van der Waals surface area contributed by atoms with Crippen molar-refractivity contribution in [1.29, 1.82) is 0 Å². The van der Waals surface area contributed by atoms with Crippen LogP contribution < -0.4 is 15.7 Å². The molecular weight excluding hydrogens is 464 g/mol. The van der Waals surface area contributed by atoms with Gasteiger partial charge in [0.1, 0.15) is 24.2 Å². The van der Waals surface area contributed by atoms with Gasteiger partial charge in [-0.05, 0) is 48.2 Å². The summed E-state index contributed by atoms with van der Waals surface area (Å²) in [4.78, 5) is 27.6. The molecule has 178 valence electrons. The smallest absolute Gasteiger partial charge is 0.250 e. The molecule has 1 saturated heterocycles. The summed E-state index contributed by atoms with van der Waals surface area (Å²) in [6.07, 6.45) is 2.63. The Morgan fingerprint density at radius 1 is 1.00 bits per heavy atom. The van der Waals surface area contributed by atoms with Crippen LogP contribution in [0.25, 0.3) is 22.1 Å². The molecule has 2 aliphatic rings. The highest BCUT2D eigenvalue weighted by molar-refractivity contribution is 6.30. The molecule has 0 amide bonds. The highest BCUT2D eigenvalue weighted by atomic mass is 35.5. The van der Waals surface area contributed by atoms with E-state index in [1.807, 2.05) is 28.8 Å². The van der Waals surface area contributed by atoms with Crippen molar-refractivity contribution in [1.82, 2.24) is 9.47 Å². The summed E-state index contributed by atoms with van der Waals surface area (Å²) in [6.45, 7) is 4.05. The van der Waals surface area contributed by atoms with E-state index in [0.717, 1.165) is 43.9 Å². The molecule has 6 nitrogen and oxygen atoms in total. The van der Waals surface area contributed by atoms with Crippen LogP contribution >= 0.6 is 11.6 Å². The van der Waals surface area contributed by atoms with E-state index in [1.54, 1.807) is 30.3 Å². The molecule has 0 saturated carbocycles. The second-order valence-corrected chi connectivity index (χ2v) is 9.89. The monoisotopic (exact) mass is 488 g/mol. The summed E-state index contributed by atoms with van der Waals surface area (Å²) in [6, 6.07) is 18.1. The number of nitrogens with zero attached hydrogens (tertiary/aromatic N) is 2. The van der Waals surface area contributed by atoms with E-state index in [-0.39, 0.29) is 11.0 Å². The third kappa shape index (κ3) is 4.28. The van der Waals surface area contributed by atoms with Crippen LogP contribution in [0.15, 0.2) is 80.9 Å². The molecular formula is C28H25ClN2O4. The van der Waals surface area contributed by atoms with Gasteiger partial charge in [-0.2, -0.15) is 0 Å². The lowest BCUT2D eigenvalue weighted by molar-refractivity contribution is 0.104. The molecule has 0 N–H and O–H groups in total. The molecule has 6 rings (SSSR count). The lowest BCUT2D eigenvalue weighted by Gasteiger charge is -2.42. The van der Waals surface area contributed by atoms with Gasteiger partial charge in [-0.25, -0.2) is 0 Å². The molecule has 2 aliphatic heterocycles. The molecule has 0 aliphatic carbocycles. The van der Waals surface area contributed by atoms with Gasteiger partial charge >= 0.3 is 0 Å². The Balaban J connectivity index is 1.12. The highest BCUT2D eigenvalue weighted by Crippen LogP contribution is 2.34. The number of piperidine rings is 1. The van der Waals surface area contributed by atoms with Gasteiger partial charge in [0.2, 0.25) is 0 Å². The van der Waals surface area contributed by atoms with Gasteiger partial charge in [0.25, 0.3) is 5.56 Å². The summed E-state index contributed by atoms with van der Waals surface area (Å²) in [5.41, 5.74) is 2.95. The Morgan fingerprint density at radius 3 is 2.71 bits per heavy atom. The maximum atomic E-state index is 13.0. The molecule has 4 aromatic rings. The lowest BCUT2D eigenvalue weighted by atomic mass is 9.83. The molecule has 0 radical (unpaired) electrons. The molecule has 2 aromatic carbocycles. The number of fused-ring (bicyclic) bond motifs is 5. The fourth-order valence-electron chi connectivity index (χ4n) is 5.50. The molecule has 7 heteroatoms. The minimum Gasteiger partial charge on any atom is -0.492 e. The van der Waals surface area contributed by atoms with Crippen molar-refractivity contribution in [3.8, 4) is 16.9 Å². The second kappa shape index (κ2) is 9.02. The molecule has 2 atom stereocenters. The number of hydrogen-bond acceptors (Lipinski definition) is 5. The first-order chi connectivity index (χ1) is 17.0. The summed E-state index contributed by atoms with van der Waals surface area (Å²) in [5, 5.41) is 1.14. The average Bonchev–Trinajstić information content (AvgIpc) is 2.86. The molecule has 4 heterocycles. The zero-order chi connectivity index (χ0) is 23.9. The minimum absolute atomic E-state index is 0.0839. The van der Waals surface area contributed by atoms with Crippen molar-refractivity contribution in [2.24, 2.45) is 5.92 Å². The van der Waals surface area contributed by atoms with Crippen LogP contribution in [0, 0.1) is 5.92 Å². The number of hydrogen-bond donors (Lipinski definition) is 0. The number of likely N-dealkylation sites (tertiary alicyclic amines) is 1. The number of ether oxygens (including phenoxy) is 1. The van der Waals surface area contributed by atoms with Gasteiger partial charge in [0.15, 0.2) is 5.43 Å². The molecule has 0 spiro atoms. The van der Waals surface area contributed by atoms with Crippen LogP contribution in [0.1, 0.15) is 18.0 Å². The number of halogens is 1. The molecule has 2 bridgehead atoms. The van der Waals surface area contributed by atoms with E-state index >= 15 is 0 Å². The largest absolute Gasteiger partial charge is 0.492 e. The van der Waals surface area contributed by atoms with Gasteiger partial charge < -0.3 is 13.7 Å². The Morgan fingerprint density at radius 2 is 1.86 bits per heavy atom. The maximum absolute atomic E-state index is 13.0. The normalized spacial score (nSPS) is 19.5. The van der Waals surface area contributed by atoms with Crippen LogP contribution in [-0.2, 0) is 6.54 Å². The van der Waals surface area contributed by atoms with Crippen molar-refractivity contribution >= 4 is 22.6 Å². The average molecular weight is 489 g/mol. The van der Waals surface area contributed by atoms with Gasteiger partial charge in [-0.1, -0.05) is 29.8 Å². The Kier molecular flexibility index (Phi) is 5.71. The summed E-state index contributed by atoms with van der Waals surface area (Å²) < 4.78 is 13.8. The standard InChI is InChI=1S/C28H25ClN2O4/c29-21-6-4-19(5-7-21)24-17-35-26-13-22(8-9-23(26)28(24)33)34-11-10-30-14-18-12-20(16-30)25-2-1-3-27(32)31(25)15-18/h1-9,13,17-18,20H,10-12,14-16H2/t18-,20-/m1/s1. The number of pyridine rings is 1. The molecule has 35 heavy (non-hydrogen) atoms. The first-order valence-corrected chi connectivity index (χ1v) is 12.3. The van der Waals surface area contributed by atoms with Crippen LogP contribution in [0.2, 0.25) is 5.02 Å². The van der Waals surface area contributed by atoms with Crippen molar-refractivity contribution in [2.75, 3.05) is 26.2 Å². The molecule has 0 unspecified atom stereocenters. The SMILES string of the molecule is O=c1c(-c2ccc(Cl)cc2)coc2cc(OCCN3C[C@H]4C[C@H](C3)c3cccc(=O)n3C4)ccc12. The number of benzene rings is 2. The van der Waals surface area contributed by atoms with Crippen molar-refractivity contribution in [3.05, 3.63) is 98.2 Å². The summed E-state index contributed by atoms with van der Waals surface area (Å²) in [5.74, 6) is 1.56. The van der Waals surface area contributed by atoms with E-state index in [2.05, 4.69) is 11.0 Å². The predicted molar refractivity (Wildman–Crippen MR) is 136 cm³/mol. The third-order valence-electron chi connectivity index (χ3n) is 7.13. The maximum Gasteiger partial charge on any atom is 0.250 e. The van der Waals surface area contributed by atoms with E-state index in [0.29, 0.717) is 45.7 Å². The fourth-order valence-corrected chi connectivity index (χ4v) is 5.62. The third-order valence-corrected chi connectivity index (χ3v) is 7.38. The van der Waals surface area contributed by atoms with Crippen molar-refractivity contribution < 1.29 is 9.15 Å². The Bertz CT molecular complexity index is 1510. The molecule has 1 fully saturated rings. The first-order valence-electron chi connectivity index (χ1n) is 11.9. The van der Waals surface area contributed by atoms with Crippen LogP contribution in [0.3, 0.4) is 0 Å². The quantitative estimate of drug-likeness (QED) is 0.405. The highest BCUT2D eigenvalue weighted by Gasteiger charge is 2.34. The number of aromatic nitrogens is 1. The first kappa shape index (κ1) is 22.1. The van der Waals surface area contributed by atoms with E-state index in [4.69, 9.17) is 20.8 Å². The molecule has 2 aromatic heterocycles. The van der Waals surface area contributed by atoms with Crippen LogP contribution in [0.4, 0.5) is 0 Å². The van der Waals surface area contributed by atoms with E-state index in [9.17, 15) is 9.59 Å². The second-order valence-electron chi connectivity index (χ2n) is 9.45. The zero-order valence-corrected chi connectivity index (χ0v) is 19.9. The van der Waals surface area contributed by atoms with Gasteiger partial charge in [-0.3, -0.25) is 14.5 Å². The van der Waals surface area contributed by atoms with Crippen LogP contribution in [-0.4, -0.2) is 35.7 Å². The van der Waals surface area contributed by atoms with Crippen molar-refractivity contribution in [2.45, 2.75) is 18.9 Å². The zero-order valence-electron chi connectivity index (χ0n) is 19.2. The van der Waals surface area contributed by atoms with Gasteiger partial charge in [0.05, 0.1) is 10.9 Å². The van der Waals surface area contributed by atoms with E-state index in [1.165, 1.54) is 6.26 Å². The predicted octanol–water partition coefficient (Wildman–Crippen LogP) is 4.77. The van der Waals surface area contributed by atoms with Crippen molar-refractivity contribution in [3.63, 3.8) is 0 Å². The number of rotatable bonds is 5. The Labute approximate surface area is 207 Å². The Hall–Kier alpha value is -3.35. The summed E-state index contributed by atoms with van der Waals surface area (Å²) >= 11 is 5.96. The lowest BCUT2D eigenvalue weighted by Crippen LogP contribution is -2.48.